The highest BCUT2D eigenvalue weighted by Crippen LogP contribution is 2.23. The molecule has 0 unspecified atom stereocenters. The molecule has 1 heterocycles. The van der Waals surface area contributed by atoms with Gasteiger partial charge in [0.2, 0.25) is 0 Å². The third-order valence-corrected chi connectivity index (χ3v) is 5.31. The van der Waals surface area contributed by atoms with E-state index in [1.165, 1.54) is 4.31 Å². The van der Waals surface area contributed by atoms with Gasteiger partial charge < -0.3 is 5.32 Å². The second kappa shape index (κ2) is 5.45. The normalized spacial score (nSPS) is 23.7. The van der Waals surface area contributed by atoms with Crippen LogP contribution in [-0.4, -0.2) is 55.8 Å². The van der Waals surface area contributed by atoms with E-state index in [4.69, 9.17) is 0 Å². The Balaban J connectivity index is 2.79. The minimum Gasteiger partial charge on any atom is -0.310 e. The minimum atomic E-state index is -3.23. The van der Waals surface area contributed by atoms with E-state index >= 15 is 0 Å². The van der Waals surface area contributed by atoms with Gasteiger partial charge in [0.05, 0.1) is 0 Å². The molecule has 108 valence electrons. The van der Waals surface area contributed by atoms with Crippen molar-refractivity contribution >= 4 is 10.2 Å². The van der Waals surface area contributed by atoms with Gasteiger partial charge in [0.15, 0.2) is 0 Å². The zero-order valence-electron chi connectivity index (χ0n) is 12.4. The summed E-state index contributed by atoms with van der Waals surface area (Å²) in [6, 6.07) is 0.496. The fourth-order valence-electron chi connectivity index (χ4n) is 2.05. The Kier molecular flexibility index (Phi) is 4.81. The van der Waals surface area contributed by atoms with Crippen molar-refractivity contribution in [2.45, 2.75) is 46.7 Å². The number of hydrogen-bond acceptors (Lipinski definition) is 3. The summed E-state index contributed by atoms with van der Waals surface area (Å²) < 4.78 is 27.1. The van der Waals surface area contributed by atoms with Crippen molar-refractivity contribution in [3.8, 4) is 0 Å². The molecule has 1 N–H and O–H groups in total. The molecule has 1 rings (SSSR count). The van der Waals surface area contributed by atoms with Gasteiger partial charge in [-0.05, 0) is 5.41 Å². The van der Waals surface area contributed by atoms with E-state index in [0.717, 1.165) is 0 Å². The molecule has 1 saturated heterocycles. The molecule has 0 bridgehead atoms. The van der Waals surface area contributed by atoms with Crippen LogP contribution in [0.4, 0.5) is 0 Å². The van der Waals surface area contributed by atoms with Gasteiger partial charge in [-0.2, -0.15) is 17.0 Å². The van der Waals surface area contributed by atoms with Crippen LogP contribution in [0.15, 0.2) is 0 Å². The van der Waals surface area contributed by atoms with E-state index < -0.39 is 10.2 Å². The first kappa shape index (κ1) is 15.9. The van der Waals surface area contributed by atoms with E-state index in [-0.39, 0.29) is 11.5 Å². The van der Waals surface area contributed by atoms with Gasteiger partial charge in [0.25, 0.3) is 10.2 Å². The van der Waals surface area contributed by atoms with Crippen LogP contribution in [0.25, 0.3) is 0 Å². The summed E-state index contributed by atoms with van der Waals surface area (Å²) in [6.07, 6.45) is 0. The van der Waals surface area contributed by atoms with Crippen LogP contribution in [0.1, 0.15) is 34.6 Å². The Morgan fingerprint density at radius 3 is 2.11 bits per heavy atom. The molecule has 5 nitrogen and oxygen atoms in total. The molecule has 0 radical (unpaired) electrons. The average Bonchev–Trinajstić information content (AvgIpc) is 2.41. The van der Waals surface area contributed by atoms with E-state index in [1.807, 2.05) is 0 Å². The van der Waals surface area contributed by atoms with Gasteiger partial charge in [-0.25, -0.2) is 0 Å². The quantitative estimate of drug-likeness (QED) is 0.830. The molecule has 18 heavy (non-hydrogen) atoms. The van der Waals surface area contributed by atoms with Gasteiger partial charge in [-0.1, -0.05) is 34.6 Å². The lowest BCUT2D eigenvalue weighted by molar-refractivity contribution is 0.218. The van der Waals surface area contributed by atoms with Gasteiger partial charge in [0, 0.05) is 38.8 Å². The molecule has 6 heteroatoms. The fraction of sp³-hybridized carbons (Fsp3) is 1.00. The van der Waals surface area contributed by atoms with Crippen LogP contribution in [-0.2, 0) is 10.2 Å². The second-order valence-corrected chi connectivity index (χ2v) is 8.46. The predicted molar refractivity (Wildman–Crippen MR) is 74.6 cm³/mol. The smallest absolute Gasteiger partial charge is 0.281 e. The Bertz CT molecular complexity index is 373. The predicted octanol–water partition coefficient (Wildman–Crippen LogP) is 0.891. The topological polar surface area (TPSA) is 52.6 Å². The lowest BCUT2D eigenvalue weighted by Gasteiger charge is -2.35. The van der Waals surface area contributed by atoms with Gasteiger partial charge in [-0.3, -0.25) is 0 Å². The summed E-state index contributed by atoms with van der Waals surface area (Å²) >= 11 is 0. The van der Waals surface area contributed by atoms with Crippen LogP contribution in [0.5, 0.6) is 0 Å². The van der Waals surface area contributed by atoms with E-state index in [0.29, 0.717) is 25.7 Å². The molecular formula is C12H27N3O2S. The number of hydrogen-bond donors (Lipinski definition) is 1. The van der Waals surface area contributed by atoms with Crippen molar-refractivity contribution in [2.24, 2.45) is 5.41 Å². The Morgan fingerprint density at radius 2 is 1.78 bits per heavy atom. The molecule has 0 aromatic rings. The SMILES string of the molecule is CC(C)N[C@H](CN1CCN(C)S1(=O)=O)C(C)(C)C. The summed E-state index contributed by atoms with van der Waals surface area (Å²) in [7, 11) is -1.59. The van der Waals surface area contributed by atoms with Crippen molar-refractivity contribution in [3.05, 3.63) is 0 Å². The first-order valence-corrected chi connectivity index (χ1v) is 7.92. The maximum absolute atomic E-state index is 12.1. The number of nitrogens with one attached hydrogen (secondary N) is 1. The molecule has 0 saturated carbocycles. The number of nitrogens with zero attached hydrogens (tertiary/aromatic N) is 2. The minimum absolute atomic E-state index is 0.0287. The van der Waals surface area contributed by atoms with Crippen molar-refractivity contribution < 1.29 is 8.42 Å². The van der Waals surface area contributed by atoms with Gasteiger partial charge in [0.1, 0.15) is 0 Å². The van der Waals surface area contributed by atoms with Crippen LogP contribution in [0, 0.1) is 5.41 Å². The van der Waals surface area contributed by atoms with Gasteiger partial charge in [-0.15, -0.1) is 0 Å². The molecule has 1 aliphatic heterocycles. The summed E-state index contributed by atoms with van der Waals surface area (Å²) in [5, 5.41) is 3.47. The fourth-order valence-corrected chi connectivity index (χ4v) is 3.40. The second-order valence-electron chi connectivity index (χ2n) is 6.43. The average molecular weight is 277 g/mol. The molecule has 0 spiro atoms. The van der Waals surface area contributed by atoms with Crippen molar-refractivity contribution in [1.29, 1.82) is 0 Å². The summed E-state index contributed by atoms with van der Waals surface area (Å²) in [4.78, 5) is 0. The standard InChI is InChI=1S/C12H27N3O2S/c1-10(2)13-11(12(3,4)5)9-15-8-7-14(6)18(15,16)17/h10-11,13H,7-9H2,1-6H3/t11-/m1/s1. The highest BCUT2D eigenvalue weighted by molar-refractivity contribution is 7.87. The third-order valence-electron chi connectivity index (χ3n) is 3.35. The lowest BCUT2D eigenvalue weighted by Crippen LogP contribution is -2.51. The highest BCUT2D eigenvalue weighted by atomic mass is 32.2. The highest BCUT2D eigenvalue weighted by Gasteiger charge is 2.37. The Hall–Kier alpha value is -0.170. The van der Waals surface area contributed by atoms with Crippen LogP contribution >= 0.6 is 0 Å². The zero-order chi connectivity index (χ0) is 14.1. The maximum Gasteiger partial charge on any atom is 0.281 e. The first-order valence-electron chi connectivity index (χ1n) is 6.52. The van der Waals surface area contributed by atoms with Crippen LogP contribution < -0.4 is 5.32 Å². The third kappa shape index (κ3) is 3.66. The molecule has 0 aromatic carbocycles. The van der Waals surface area contributed by atoms with Crippen molar-refractivity contribution in [1.82, 2.24) is 13.9 Å². The van der Waals surface area contributed by atoms with E-state index in [1.54, 1.807) is 11.4 Å². The largest absolute Gasteiger partial charge is 0.310 e. The molecule has 1 fully saturated rings. The number of rotatable bonds is 4. The summed E-state index contributed by atoms with van der Waals surface area (Å²) in [5.74, 6) is 0. The summed E-state index contributed by atoms with van der Waals surface area (Å²) in [5.41, 5.74) is 0.0287. The maximum atomic E-state index is 12.1. The molecule has 0 aromatic heterocycles. The Morgan fingerprint density at radius 1 is 1.22 bits per heavy atom. The Labute approximate surface area is 112 Å². The lowest BCUT2D eigenvalue weighted by atomic mass is 9.86. The van der Waals surface area contributed by atoms with E-state index in [9.17, 15) is 8.42 Å². The molecule has 1 aliphatic rings. The first-order chi connectivity index (χ1) is 8.05. The van der Waals surface area contributed by atoms with Crippen molar-refractivity contribution in [2.75, 3.05) is 26.7 Å². The molecule has 0 amide bonds. The van der Waals surface area contributed by atoms with Crippen LogP contribution in [0.3, 0.4) is 0 Å². The zero-order valence-corrected chi connectivity index (χ0v) is 13.2. The molecule has 1 atom stereocenters. The molecular weight excluding hydrogens is 250 g/mol. The van der Waals surface area contributed by atoms with Crippen LogP contribution in [0.2, 0.25) is 0 Å². The van der Waals surface area contributed by atoms with Crippen molar-refractivity contribution in [3.63, 3.8) is 0 Å². The van der Waals surface area contributed by atoms with Gasteiger partial charge >= 0.3 is 0 Å². The number of likely N-dealkylation sites (N-methyl/N-ethyl adjacent to an activating group) is 1. The monoisotopic (exact) mass is 277 g/mol. The molecule has 0 aliphatic carbocycles. The summed E-state index contributed by atoms with van der Waals surface area (Å²) in [6.45, 7) is 12.3. The van der Waals surface area contributed by atoms with E-state index in [2.05, 4.69) is 39.9 Å².